The molecular weight excluding hydrogens is 264 g/mol. The summed E-state index contributed by atoms with van der Waals surface area (Å²) in [6, 6.07) is 0. The Kier molecular flexibility index (Phi) is 4.14. The minimum atomic E-state index is -0.580. The summed E-state index contributed by atoms with van der Waals surface area (Å²) >= 11 is 0. The minimum absolute atomic E-state index is 0.0211. The molecule has 8 heteroatoms. The van der Waals surface area contributed by atoms with Gasteiger partial charge >= 0.3 is 5.97 Å². The molecule has 108 valence electrons. The smallest absolute Gasteiger partial charge is 0.352 e. The molecule has 0 aliphatic carbocycles. The van der Waals surface area contributed by atoms with Gasteiger partial charge in [0.15, 0.2) is 11.5 Å². The standard InChI is InChI=1S/C12H16N4O4/c1-3-19-7-5-6(12(18)20-4-2)14-9-8(15-7)10(13)16-11(9)17/h7,15H,3-5H2,1-2H3,(H2,13,16,17). The van der Waals surface area contributed by atoms with E-state index in [0.29, 0.717) is 12.3 Å². The molecule has 0 aromatic heterocycles. The van der Waals surface area contributed by atoms with E-state index in [0.717, 1.165) is 0 Å². The lowest BCUT2D eigenvalue weighted by Crippen LogP contribution is -2.37. The molecule has 0 bridgehead atoms. The van der Waals surface area contributed by atoms with Crippen molar-refractivity contribution in [1.29, 1.82) is 0 Å². The van der Waals surface area contributed by atoms with E-state index in [1.54, 1.807) is 6.92 Å². The third-order valence-corrected chi connectivity index (χ3v) is 2.73. The zero-order chi connectivity index (χ0) is 14.7. The molecule has 3 N–H and O–H groups in total. The Hall–Kier alpha value is -2.22. The van der Waals surface area contributed by atoms with Gasteiger partial charge in [0, 0.05) is 13.0 Å². The van der Waals surface area contributed by atoms with Crippen LogP contribution in [0, 0.1) is 0 Å². The summed E-state index contributed by atoms with van der Waals surface area (Å²) in [5.41, 5.74) is 6.09. The fourth-order valence-electron chi connectivity index (χ4n) is 1.91. The Morgan fingerprint density at radius 1 is 1.40 bits per heavy atom. The first kappa shape index (κ1) is 14.2. The second kappa shape index (κ2) is 5.83. The lowest BCUT2D eigenvalue weighted by molar-refractivity contribution is -0.135. The topological polar surface area (TPSA) is 115 Å². The summed E-state index contributed by atoms with van der Waals surface area (Å²) in [5.74, 6) is -1.11. The highest BCUT2D eigenvalue weighted by atomic mass is 16.5. The number of amidine groups is 1. The van der Waals surface area contributed by atoms with E-state index in [-0.39, 0.29) is 30.3 Å². The quantitative estimate of drug-likeness (QED) is 0.668. The zero-order valence-corrected chi connectivity index (χ0v) is 11.3. The SMILES string of the molecule is CCOC(=O)C1=NC2=C(NC(OCC)C1)C(N)=NC2=O. The number of ether oxygens (including phenoxy) is 2. The third-order valence-electron chi connectivity index (χ3n) is 2.73. The maximum atomic E-state index is 11.8. The van der Waals surface area contributed by atoms with Crippen LogP contribution in [0.3, 0.4) is 0 Å². The second-order valence-corrected chi connectivity index (χ2v) is 4.10. The molecule has 1 unspecified atom stereocenters. The number of nitrogens with two attached hydrogens (primary N) is 1. The lowest BCUT2D eigenvalue weighted by Gasteiger charge is -2.18. The van der Waals surface area contributed by atoms with Gasteiger partial charge in [0.1, 0.15) is 17.6 Å². The van der Waals surface area contributed by atoms with E-state index in [1.165, 1.54) is 0 Å². The summed E-state index contributed by atoms with van der Waals surface area (Å²) in [7, 11) is 0. The molecule has 2 aliphatic rings. The number of rotatable bonds is 4. The van der Waals surface area contributed by atoms with Gasteiger partial charge in [0.2, 0.25) is 0 Å². The number of hydrogen-bond acceptors (Lipinski definition) is 7. The van der Waals surface area contributed by atoms with Crippen molar-refractivity contribution < 1.29 is 19.1 Å². The first-order valence-electron chi connectivity index (χ1n) is 6.32. The fourth-order valence-corrected chi connectivity index (χ4v) is 1.91. The van der Waals surface area contributed by atoms with Crippen molar-refractivity contribution >= 4 is 23.4 Å². The van der Waals surface area contributed by atoms with Gasteiger partial charge in [-0.3, -0.25) is 4.79 Å². The van der Waals surface area contributed by atoms with Crippen LogP contribution in [0.25, 0.3) is 0 Å². The predicted molar refractivity (Wildman–Crippen MR) is 70.9 cm³/mol. The Balaban J connectivity index is 2.35. The highest BCUT2D eigenvalue weighted by Gasteiger charge is 2.32. The molecule has 2 heterocycles. The first-order chi connectivity index (χ1) is 9.56. The van der Waals surface area contributed by atoms with E-state index in [9.17, 15) is 9.59 Å². The fraction of sp³-hybridized carbons (Fsp3) is 0.500. The van der Waals surface area contributed by atoms with E-state index >= 15 is 0 Å². The summed E-state index contributed by atoms with van der Waals surface area (Å²) in [6.45, 7) is 4.17. The number of carbonyl (C=O) groups is 2. The van der Waals surface area contributed by atoms with Crippen LogP contribution >= 0.6 is 0 Å². The summed E-state index contributed by atoms with van der Waals surface area (Å²) < 4.78 is 10.4. The molecule has 2 aliphatic heterocycles. The van der Waals surface area contributed by atoms with Gasteiger partial charge in [-0.1, -0.05) is 0 Å². The molecule has 0 aromatic carbocycles. The third kappa shape index (κ3) is 2.69. The van der Waals surface area contributed by atoms with E-state index in [1.807, 2.05) is 6.92 Å². The minimum Gasteiger partial charge on any atom is -0.462 e. The monoisotopic (exact) mass is 280 g/mol. The van der Waals surface area contributed by atoms with Gasteiger partial charge in [-0.25, -0.2) is 9.79 Å². The number of hydrogen-bond donors (Lipinski definition) is 2. The van der Waals surface area contributed by atoms with Crippen molar-refractivity contribution in [3.8, 4) is 0 Å². The summed E-state index contributed by atoms with van der Waals surface area (Å²) in [4.78, 5) is 31.2. The molecule has 0 saturated heterocycles. The van der Waals surface area contributed by atoms with Crippen LogP contribution in [0.5, 0.6) is 0 Å². The number of esters is 1. The average molecular weight is 280 g/mol. The van der Waals surface area contributed by atoms with Crippen molar-refractivity contribution in [2.45, 2.75) is 26.5 Å². The van der Waals surface area contributed by atoms with E-state index < -0.39 is 18.1 Å². The number of nitrogens with zero attached hydrogens (tertiary/aromatic N) is 2. The molecule has 0 fully saturated rings. The summed E-state index contributed by atoms with van der Waals surface area (Å²) in [6.07, 6.45) is -0.337. The van der Waals surface area contributed by atoms with Gasteiger partial charge < -0.3 is 20.5 Å². The van der Waals surface area contributed by atoms with Crippen LogP contribution in [0.4, 0.5) is 0 Å². The maximum absolute atomic E-state index is 11.8. The van der Waals surface area contributed by atoms with Gasteiger partial charge in [0.05, 0.1) is 6.61 Å². The largest absolute Gasteiger partial charge is 0.462 e. The van der Waals surface area contributed by atoms with Crippen molar-refractivity contribution in [2.24, 2.45) is 15.7 Å². The molecule has 0 spiro atoms. The van der Waals surface area contributed by atoms with E-state index in [2.05, 4.69) is 15.3 Å². The van der Waals surface area contributed by atoms with Crippen molar-refractivity contribution in [3.05, 3.63) is 11.4 Å². The van der Waals surface area contributed by atoms with Crippen molar-refractivity contribution in [3.63, 3.8) is 0 Å². The van der Waals surface area contributed by atoms with Crippen LogP contribution in [0.1, 0.15) is 20.3 Å². The normalized spacial score (nSPS) is 21.7. The highest BCUT2D eigenvalue weighted by molar-refractivity contribution is 6.37. The molecule has 0 radical (unpaired) electrons. The number of amides is 1. The van der Waals surface area contributed by atoms with Gasteiger partial charge in [-0.15, -0.1) is 0 Å². The average Bonchev–Trinajstić information content (AvgIpc) is 2.59. The van der Waals surface area contributed by atoms with Crippen LogP contribution in [0.15, 0.2) is 21.4 Å². The molecule has 2 rings (SSSR count). The van der Waals surface area contributed by atoms with Crippen LogP contribution in [-0.2, 0) is 19.1 Å². The van der Waals surface area contributed by atoms with Crippen LogP contribution in [0.2, 0.25) is 0 Å². The Morgan fingerprint density at radius 2 is 2.15 bits per heavy atom. The summed E-state index contributed by atoms with van der Waals surface area (Å²) in [5, 5.41) is 2.94. The zero-order valence-electron chi connectivity index (χ0n) is 11.3. The Morgan fingerprint density at radius 3 is 2.80 bits per heavy atom. The molecule has 0 saturated carbocycles. The van der Waals surface area contributed by atoms with Gasteiger partial charge in [-0.2, -0.15) is 4.99 Å². The van der Waals surface area contributed by atoms with Crippen LogP contribution < -0.4 is 11.1 Å². The second-order valence-electron chi connectivity index (χ2n) is 4.10. The predicted octanol–water partition coefficient (Wildman–Crippen LogP) is -0.545. The molecule has 8 nitrogen and oxygen atoms in total. The van der Waals surface area contributed by atoms with Gasteiger partial charge in [-0.05, 0) is 13.8 Å². The molecule has 20 heavy (non-hydrogen) atoms. The molecule has 1 atom stereocenters. The number of nitrogens with one attached hydrogen (secondary N) is 1. The van der Waals surface area contributed by atoms with Crippen molar-refractivity contribution in [2.75, 3.05) is 13.2 Å². The number of carbonyl (C=O) groups excluding carboxylic acids is 2. The first-order valence-corrected chi connectivity index (χ1v) is 6.32. The Labute approximate surface area is 115 Å². The molecule has 0 aromatic rings. The Bertz CT molecular complexity index is 536. The van der Waals surface area contributed by atoms with Crippen molar-refractivity contribution in [1.82, 2.24) is 5.32 Å². The molecular formula is C12H16N4O4. The number of aliphatic imine (C=N–C) groups is 2. The molecule has 1 amide bonds. The van der Waals surface area contributed by atoms with Gasteiger partial charge in [0.25, 0.3) is 5.91 Å². The highest BCUT2D eigenvalue weighted by Crippen LogP contribution is 2.20. The lowest BCUT2D eigenvalue weighted by atomic mass is 10.2. The maximum Gasteiger partial charge on any atom is 0.352 e. The van der Waals surface area contributed by atoms with Crippen LogP contribution in [-0.4, -0.2) is 42.9 Å². The van der Waals surface area contributed by atoms with E-state index in [4.69, 9.17) is 15.2 Å².